The molecule has 0 amide bonds. The van der Waals surface area contributed by atoms with E-state index in [-0.39, 0.29) is 12.1 Å². The van der Waals surface area contributed by atoms with Gasteiger partial charge < -0.3 is 19.7 Å². The van der Waals surface area contributed by atoms with Crippen LogP contribution in [0.2, 0.25) is 0 Å². The number of aromatic nitrogens is 4. The second kappa shape index (κ2) is 22.7. The van der Waals surface area contributed by atoms with Crippen molar-refractivity contribution in [3.8, 4) is 84.1 Å². The number of benzene rings is 13. The minimum atomic E-state index is -0.155. The predicted octanol–water partition coefficient (Wildman–Crippen LogP) is 20.3. The molecule has 5 heterocycles. The van der Waals surface area contributed by atoms with Crippen molar-refractivity contribution in [1.29, 1.82) is 0 Å². The molecule has 13 aromatic carbocycles. The predicted molar refractivity (Wildman–Crippen MR) is 402 cm³/mol. The highest BCUT2D eigenvalue weighted by atomic mass is 15.2. The lowest BCUT2D eigenvalue weighted by atomic mass is 9.33. The van der Waals surface area contributed by atoms with Gasteiger partial charge in [0.1, 0.15) is 0 Å². The van der Waals surface area contributed by atoms with E-state index in [1.807, 2.05) is 18.2 Å². The van der Waals surface area contributed by atoms with Gasteiger partial charge >= 0.3 is 0 Å². The van der Waals surface area contributed by atoms with Crippen molar-refractivity contribution in [3.05, 3.63) is 314 Å². The van der Waals surface area contributed by atoms with Gasteiger partial charge in [0.15, 0.2) is 11.6 Å². The van der Waals surface area contributed by atoms with E-state index in [9.17, 15) is 0 Å². The number of nitrogens with zero attached hydrogens (tertiary/aromatic N) is 6. The zero-order valence-corrected chi connectivity index (χ0v) is 54.0. The third-order valence-electron chi connectivity index (χ3n) is 19.8. The number of nitrogens with one attached hydrogen (secondary N) is 1. The van der Waals surface area contributed by atoms with Crippen LogP contribution in [0.1, 0.15) is 37.5 Å². The first-order valence-electron chi connectivity index (χ1n) is 33.4. The molecule has 4 bridgehead atoms. The van der Waals surface area contributed by atoms with Crippen LogP contribution in [0.5, 0.6) is 0 Å². The first-order chi connectivity index (χ1) is 47.1. The van der Waals surface area contributed by atoms with Gasteiger partial charge in [-0.05, 0) is 198 Å². The molecule has 1 N–H and O–H groups in total. The van der Waals surface area contributed by atoms with Gasteiger partial charge in [0.05, 0.1) is 16.7 Å². The third kappa shape index (κ3) is 9.70. The average Bonchev–Trinajstić information content (AvgIpc) is 0.776. The summed E-state index contributed by atoms with van der Waals surface area (Å²) in [5.41, 5.74) is 30.6. The van der Waals surface area contributed by atoms with Crippen LogP contribution in [-0.4, -0.2) is 32.8 Å². The molecule has 2 aromatic heterocycles. The topological polar surface area (TPSA) is 62.1 Å². The summed E-state index contributed by atoms with van der Waals surface area (Å²) >= 11 is 0. The van der Waals surface area contributed by atoms with Crippen molar-refractivity contribution in [1.82, 2.24) is 19.5 Å². The number of fused-ring (bicyclic) bond motifs is 13. The Bertz CT molecular complexity index is 5450. The first kappa shape index (κ1) is 56.9. The van der Waals surface area contributed by atoms with Gasteiger partial charge in [-0.25, -0.2) is 4.98 Å². The number of anilines is 7. The zero-order valence-electron chi connectivity index (χ0n) is 54.0. The lowest BCUT2D eigenvalue weighted by Gasteiger charge is -2.45. The summed E-state index contributed by atoms with van der Waals surface area (Å²) in [7, 11) is 0. The van der Waals surface area contributed by atoms with E-state index in [1.54, 1.807) is 0 Å². The van der Waals surface area contributed by atoms with Crippen LogP contribution in [-0.2, 0) is 11.8 Å². The summed E-state index contributed by atoms with van der Waals surface area (Å²) in [6.45, 7) is 9.69. The van der Waals surface area contributed by atoms with Gasteiger partial charge in [-0.2, -0.15) is 9.97 Å². The van der Waals surface area contributed by atoms with Crippen molar-refractivity contribution in [2.45, 2.75) is 39.5 Å². The Hall–Kier alpha value is -11.9. The molecule has 8 heteroatoms. The smallest absolute Gasteiger partial charge is 0.252 e. The van der Waals surface area contributed by atoms with Crippen LogP contribution >= 0.6 is 0 Å². The van der Waals surface area contributed by atoms with E-state index in [1.165, 1.54) is 44.5 Å². The number of aryl methyl sites for hydroxylation is 1. The number of para-hydroxylation sites is 2. The molecule has 0 aliphatic carbocycles. The molecule has 96 heavy (non-hydrogen) atoms. The minimum absolute atomic E-state index is 0.131. The van der Waals surface area contributed by atoms with E-state index in [2.05, 4.69) is 326 Å². The minimum Gasteiger partial charge on any atom is -0.354 e. The summed E-state index contributed by atoms with van der Waals surface area (Å²) < 4.78 is 2.44. The highest BCUT2D eigenvalue weighted by Gasteiger charge is 2.45. The van der Waals surface area contributed by atoms with E-state index in [0.29, 0.717) is 30.6 Å². The third-order valence-corrected chi connectivity index (χ3v) is 19.8. The Kier molecular flexibility index (Phi) is 13.5. The molecule has 0 fully saturated rings. The molecular formula is C88H66BN7. The van der Waals surface area contributed by atoms with Gasteiger partial charge in [0, 0.05) is 62.6 Å². The Morgan fingerprint density at radius 3 is 1.44 bits per heavy atom. The fourth-order valence-electron chi connectivity index (χ4n) is 15.2. The van der Waals surface area contributed by atoms with Crippen LogP contribution in [0.25, 0.3) is 106 Å². The molecule has 18 rings (SSSR count). The second-order valence-corrected chi connectivity index (χ2v) is 26.9. The summed E-state index contributed by atoms with van der Waals surface area (Å²) in [4.78, 5) is 20.8. The highest BCUT2D eigenvalue weighted by Crippen LogP contribution is 2.51. The molecule has 0 saturated carbocycles. The van der Waals surface area contributed by atoms with E-state index >= 15 is 0 Å². The van der Waals surface area contributed by atoms with Gasteiger partial charge in [0.25, 0.3) is 6.71 Å². The number of hydrogen-bond donors (Lipinski definition) is 1. The first-order valence-corrected chi connectivity index (χ1v) is 33.4. The molecule has 456 valence electrons. The molecule has 15 aromatic rings. The van der Waals surface area contributed by atoms with Crippen molar-refractivity contribution in [2.75, 3.05) is 21.7 Å². The van der Waals surface area contributed by atoms with Crippen LogP contribution in [0.4, 0.5) is 40.1 Å². The van der Waals surface area contributed by atoms with E-state index in [4.69, 9.17) is 15.0 Å². The fourth-order valence-corrected chi connectivity index (χ4v) is 15.2. The molecule has 3 aliphatic rings. The summed E-state index contributed by atoms with van der Waals surface area (Å²) in [6.07, 6.45) is 0.664. The van der Waals surface area contributed by atoms with Crippen LogP contribution in [0.3, 0.4) is 0 Å². The summed E-state index contributed by atoms with van der Waals surface area (Å²) in [6, 6.07) is 110. The summed E-state index contributed by atoms with van der Waals surface area (Å²) in [5, 5.41) is 6.09. The van der Waals surface area contributed by atoms with Crippen molar-refractivity contribution in [2.24, 2.45) is 0 Å². The van der Waals surface area contributed by atoms with Gasteiger partial charge in [0.2, 0.25) is 5.95 Å². The molecule has 7 nitrogen and oxygen atoms in total. The van der Waals surface area contributed by atoms with Crippen LogP contribution in [0.15, 0.2) is 297 Å². The molecule has 0 saturated heterocycles. The van der Waals surface area contributed by atoms with Crippen molar-refractivity contribution in [3.63, 3.8) is 0 Å². The van der Waals surface area contributed by atoms with Crippen molar-refractivity contribution < 1.29 is 0 Å². The maximum Gasteiger partial charge on any atom is 0.252 e. The average molecular weight is 1230 g/mol. The molecule has 0 radical (unpaired) electrons. The quantitative estimate of drug-likeness (QED) is 0.153. The van der Waals surface area contributed by atoms with E-state index in [0.717, 1.165) is 117 Å². The van der Waals surface area contributed by atoms with Crippen LogP contribution in [0, 0.1) is 6.92 Å². The largest absolute Gasteiger partial charge is 0.354 e. The maximum absolute atomic E-state index is 5.25. The van der Waals surface area contributed by atoms with Gasteiger partial charge in [-0.15, -0.1) is 0 Å². The lowest BCUT2D eigenvalue weighted by Crippen LogP contribution is -2.61. The Labute approximate surface area is 560 Å². The standard InChI is InChI=1S/C88H66BN7/c1-56-38-40-75-80(44-56)94(69-47-63(57-24-10-5-11-25-57)45-64(48-69)58-26-12-6-13-27-58)82-52-67(53-83-84(82)89(75)76-41-39-68(88(2,3)4)54-81(76)95(83)70-49-65(59-28-14-7-15-29-59)46-66(50-70)60-30-16-8-17-31-60)73-55-74-71-34-20-22-36-77(71)96-78-37-23-21-35-72(78)86-91-85(61-32-18-9-19-33-61)92-87(93-86)90-43-42-62(73)51-79(74)96/h5-41,44-55H,42-43H2,1-4H3,(H,90,91,92,93). The second-order valence-electron chi connectivity index (χ2n) is 26.9. The zero-order chi connectivity index (χ0) is 64.2. The van der Waals surface area contributed by atoms with Gasteiger partial charge in [-0.3, -0.25) is 0 Å². The molecule has 0 unspecified atom stereocenters. The monoisotopic (exact) mass is 1230 g/mol. The van der Waals surface area contributed by atoms with Crippen LogP contribution < -0.4 is 31.5 Å². The molecule has 3 aliphatic heterocycles. The molecular weight excluding hydrogens is 1170 g/mol. The normalized spacial score (nSPS) is 12.9. The Morgan fingerprint density at radius 2 is 0.865 bits per heavy atom. The lowest BCUT2D eigenvalue weighted by molar-refractivity contribution is 0.590. The molecule has 0 atom stereocenters. The number of hydrogen-bond acceptors (Lipinski definition) is 6. The molecule has 0 spiro atoms. The van der Waals surface area contributed by atoms with Crippen molar-refractivity contribution >= 4 is 85.0 Å². The highest BCUT2D eigenvalue weighted by molar-refractivity contribution is 7.00. The Morgan fingerprint density at radius 1 is 0.365 bits per heavy atom. The SMILES string of the molecule is Cc1ccc2c(c1)N(c1cc(-c3ccccc3)cc(-c3ccccc3)c1)c1cc(-c3cc4c5ccccc5n5c4cc3CCNc3nc(-c4ccccc4)nc(n3)-c3ccccc3-5)cc3c1B2c1ccc(C(C)(C)C)cc1N3c1cc(-c2ccccc2)cc(-c2ccccc2)c1. The summed E-state index contributed by atoms with van der Waals surface area (Å²) in [5.74, 6) is 1.77. The van der Waals surface area contributed by atoms with Gasteiger partial charge in [-0.1, -0.05) is 227 Å². The number of rotatable bonds is 8. The Balaban J connectivity index is 0.962. The van der Waals surface area contributed by atoms with E-state index < -0.39 is 0 Å². The fraction of sp³-hybridized carbons (Fsp3) is 0.0795. The maximum atomic E-state index is 5.25.